The van der Waals surface area contributed by atoms with Crippen LogP contribution in [-0.4, -0.2) is 12.4 Å². The van der Waals surface area contributed by atoms with Gasteiger partial charge in [0.25, 0.3) is 0 Å². The first-order chi connectivity index (χ1) is 9.43. The zero-order valence-electron chi connectivity index (χ0n) is 11.3. The number of halogens is 3. The van der Waals surface area contributed by atoms with Gasteiger partial charge in [0.05, 0.1) is 5.56 Å². The van der Waals surface area contributed by atoms with Gasteiger partial charge in [-0.25, -0.2) is 0 Å². The summed E-state index contributed by atoms with van der Waals surface area (Å²) in [7, 11) is 0. The lowest BCUT2D eigenvalue weighted by molar-refractivity contribution is -0.212. The van der Waals surface area contributed by atoms with E-state index in [0.717, 1.165) is 31.4 Å². The molecule has 0 aliphatic carbocycles. The van der Waals surface area contributed by atoms with Gasteiger partial charge in [0.15, 0.2) is 0 Å². The highest BCUT2D eigenvalue weighted by Gasteiger charge is 2.29. The molecule has 5 heteroatoms. The van der Waals surface area contributed by atoms with E-state index in [2.05, 4.69) is 11.9 Å². The van der Waals surface area contributed by atoms with Gasteiger partial charge in [-0.1, -0.05) is 44.1 Å². The highest BCUT2D eigenvalue weighted by Crippen LogP contribution is 2.29. The molecule has 0 saturated carbocycles. The van der Waals surface area contributed by atoms with Crippen LogP contribution < -0.4 is 5.11 Å². The molecule has 0 spiro atoms. The predicted octanol–water partition coefficient (Wildman–Crippen LogP) is 3.67. The molecule has 0 atom stereocenters. The van der Waals surface area contributed by atoms with E-state index in [1.165, 1.54) is 24.3 Å². The van der Waals surface area contributed by atoms with Crippen molar-refractivity contribution in [1.82, 2.24) is 0 Å². The second-order valence-electron chi connectivity index (χ2n) is 4.38. The summed E-state index contributed by atoms with van der Waals surface area (Å²) in [4.78, 5) is 3.83. The summed E-state index contributed by atoms with van der Waals surface area (Å²) in [6.07, 6.45) is 1.36. The van der Waals surface area contributed by atoms with Gasteiger partial charge in [0, 0.05) is 6.54 Å². The summed E-state index contributed by atoms with van der Waals surface area (Å²) >= 11 is 0. The van der Waals surface area contributed by atoms with Gasteiger partial charge in [0.2, 0.25) is 0 Å². The number of unbranched alkanes of at least 4 members (excludes halogenated alkanes) is 2. The zero-order valence-corrected chi connectivity index (χ0v) is 11.3. The molecule has 0 N–H and O–H groups in total. The molecule has 20 heavy (non-hydrogen) atoms. The highest BCUT2D eigenvalue weighted by molar-refractivity contribution is 5.88. The Labute approximate surface area is 116 Å². The molecule has 0 saturated heterocycles. The van der Waals surface area contributed by atoms with Crippen molar-refractivity contribution >= 4 is 12.0 Å². The summed E-state index contributed by atoms with van der Waals surface area (Å²) in [5, 5.41) is 11.4. The van der Waals surface area contributed by atoms with Crippen molar-refractivity contribution < 1.29 is 18.3 Å². The van der Waals surface area contributed by atoms with Gasteiger partial charge in [-0.2, -0.15) is 13.2 Å². The first kappa shape index (κ1) is 16.3. The molecular formula is C15H17F3NO-. The van der Waals surface area contributed by atoms with Crippen LogP contribution in [0.3, 0.4) is 0 Å². The molecule has 0 fully saturated rings. The fraction of sp³-hybridized carbons (Fsp3) is 0.400. The van der Waals surface area contributed by atoms with E-state index in [4.69, 9.17) is 0 Å². The third-order valence-electron chi connectivity index (χ3n) is 2.69. The molecule has 0 aliphatic heterocycles. The lowest BCUT2D eigenvalue weighted by Crippen LogP contribution is -2.14. The summed E-state index contributed by atoms with van der Waals surface area (Å²) in [5.74, 6) is -0.360. The Bertz CT molecular complexity index is 461. The number of hydrogen-bond acceptors (Lipinski definition) is 2. The summed E-state index contributed by atoms with van der Waals surface area (Å²) in [5.41, 5.74) is -0.166. The average molecular weight is 284 g/mol. The van der Waals surface area contributed by atoms with Crippen LogP contribution in [0.25, 0.3) is 6.08 Å². The van der Waals surface area contributed by atoms with Crippen LogP contribution in [-0.2, 0) is 6.18 Å². The quantitative estimate of drug-likeness (QED) is 0.446. The van der Waals surface area contributed by atoms with E-state index in [-0.39, 0.29) is 5.90 Å². The smallest absolute Gasteiger partial charge is 0.416 e. The first-order valence-corrected chi connectivity index (χ1v) is 6.50. The van der Waals surface area contributed by atoms with Crippen molar-refractivity contribution in [3.63, 3.8) is 0 Å². The van der Waals surface area contributed by atoms with Crippen LogP contribution in [0.15, 0.2) is 35.3 Å². The Balaban J connectivity index is 2.57. The largest absolute Gasteiger partial charge is 0.859 e. The molecule has 1 rings (SSSR count). The lowest BCUT2D eigenvalue weighted by atomic mass is 10.1. The van der Waals surface area contributed by atoms with Crippen molar-refractivity contribution in [2.75, 3.05) is 6.54 Å². The van der Waals surface area contributed by atoms with E-state index < -0.39 is 11.7 Å². The molecule has 1 aromatic rings. The van der Waals surface area contributed by atoms with Crippen LogP contribution in [0.2, 0.25) is 0 Å². The summed E-state index contributed by atoms with van der Waals surface area (Å²) in [6.45, 7) is 2.55. The van der Waals surface area contributed by atoms with Gasteiger partial charge in [-0.3, -0.25) is 0 Å². The molecule has 0 aromatic heterocycles. The van der Waals surface area contributed by atoms with Crippen LogP contribution in [0.4, 0.5) is 13.2 Å². The van der Waals surface area contributed by atoms with E-state index in [0.29, 0.717) is 12.1 Å². The minimum absolute atomic E-state index is 0.360. The molecule has 0 radical (unpaired) electrons. The SMILES string of the molecule is CCCCCN=C([O-])C=Cc1ccc(C(F)(F)F)cc1. The maximum absolute atomic E-state index is 12.3. The molecule has 110 valence electrons. The molecule has 0 unspecified atom stereocenters. The van der Waals surface area contributed by atoms with E-state index in [1.807, 2.05) is 0 Å². The molecule has 1 aromatic carbocycles. The third-order valence-corrected chi connectivity index (χ3v) is 2.69. The first-order valence-electron chi connectivity index (χ1n) is 6.50. The van der Waals surface area contributed by atoms with Gasteiger partial charge in [0.1, 0.15) is 0 Å². The number of aliphatic imine (C=N–C) groups is 1. The fourth-order valence-electron chi connectivity index (χ4n) is 1.55. The topological polar surface area (TPSA) is 35.4 Å². The van der Waals surface area contributed by atoms with Crippen molar-refractivity contribution in [3.8, 4) is 0 Å². The minimum atomic E-state index is -4.34. The molecule has 0 heterocycles. The second-order valence-corrected chi connectivity index (χ2v) is 4.38. The van der Waals surface area contributed by atoms with Gasteiger partial charge < -0.3 is 10.1 Å². The Morgan fingerprint density at radius 2 is 1.85 bits per heavy atom. The molecule has 2 nitrogen and oxygen atoms in total. The Hall–Kier alpha value is -1.78. The van der Waals surface area contributed by atoms with E-state index >= 15 is 0 Å². The Morgan fingerprint density at radius 1 is 1.20 bits per heavy atom. The van der Waals surface area contributed by atoms with Crippen LogP contribution in [0.1, 0.15) is 37.3 Å². The van der Waals surface area contributed by atoms with Crippen LogP contribution >= 0.6 is 0 Å². The van der Waals surface area contributed by atoms with Crippen LogP contribution in [0, 0.1) is 0 Å². The normalized spacial score (nSPS) is 13.1. The summed E-state index contributed by atoms with van der Waals surface area (Å²) < 4.78 is 37.0. The van der Waals surface area contributed by atoms with Crippen molar-refractivity contribution in [2.45, 2.75) is 32.4 Å². The standard InChI is InChI=1S/C15H18F3NO/c1-2-3-4-11-19-14(20)10-7-12-5-8-13(9-6-12)15(16,17)18/h5-10H,2-4,11H2,1H3,(H,19,20)/p-1. The maximum Gasteiger partial charge on any atom is 0.416 e. The Kier molecular flexibility index (Phi) is 6.28. The second kappa shape index (κ2) is 7.72. The zero-order chi connectivity index (χ0) is 15.0. The number of hydrogen-bond donors (Lipinski definition) is 0. The van der Waals surface area contributed by atoms with E-state index in [9.17, 15) is 18.3 Å². The monoisotopic (exact) mass is 284 g/mol. The third kappa shape index (κ3) is 5.91. The van der Waals surface area contributed by atoms with Crippen LogP contribution in [0.5, 0.6) is 0 Å². The molecule has 0 aliphatic rings. The molecule has 0 bridgehead atoms. The van der Waals surface area contributed by atoms with Gasteiger partial charge in [-0.05, 0) is 30.0 Å². The number of alkyl halides is 3. The number of rotatable bonds is 6. The highest BCUT2D eigenvalue weighted by atomic mass is 19.4. The van der Waals surface area contributed by atoms with Crippen molar-refractivity contribution in [3.05, 3.63) is 41.5 Å². The molecule has 0 amide bonds. The number of benzene rings is 1. The lowest BCUT2D eigenvalue weighted by Gasteiger charge is -2.07. The van der Waals surface area contributed by atoms with Gasteiger partial charge >= 0.3 is 6.18 Å². The fourth-order valence-corrected chi connectivity index (χ4v) is 1.55. The Morgan fingerprint density at radius 3 is 2.40 bits per heavy atom. The average Bonchev–Trinajstić information content (AvgIpc) is 2.41. The van der Waals surface area contributed by atoms with Crippen molar-refractivity contribution in [1.29, 1.82) is 0 Å². The van der Waals surface area contributed by atoms with Crippen molar-refractivity contribution in [2.24, 2.45) is 4.99 Å². The number of nitrogens with zero attached hydrogens (tertiary/aromatic N) is 1. The van der Waals surface area contributed by atoms with E-state index in [1.54, 1.807) is 0 Å². The minimum Gasteiger partial charge on any atom is -0.859 e. The van der Waals surface area contributed by atoms with Gasteiger partial charge in [-0.15, -0.1) is 0 Å². The predicted molar refractivity (Wildman–Crippen MR) is 72.3 cm³/mol. The maximum atomic E-state index is 12.3. The summed E-state index contributed by atoms with van der Waals surface area (Å²) in [6, 6.07) is 4.62. The molecular weight excluding hydrogens is 267 g/mol.